The van der Waals surface area contributed by atoms with Crippen molar-refractivity contribution in [3.63, 3.8) is 0 Å². The number of fused-ring (bicyclic) bond motifs is 1. The Morgan fingerprint density at radius 3 is 3.07 bits per heavy atom. The van der Waals surface area contributed by atoms with Crippen LogP contribution in [0.2, 0.25) is 5.02 Å². The zero-order chi connectivity index (χ0) is 18.8. The van der Waals surface area contributed by atoms with E-state index in [2.05, 4.69) is 25.7 Å². The van der Waals surface area contributed by atoms with Gasteiger partial charge in [0.25, 0.3) is 0 Å². The largest absolute Gasteiger partial charge is 0.493 e. The van der Waals surface area contributed by atoms with Gasteiger partial charge in [0.15, 0.2) is 5.82 Å². The highest BCUT2D eigenvalue weighted by atomic mass is 35.5. The van der Waals surface area contributed by atoms with Crippen LogP contribution in [-0.4, -0.2) is 32.9 Å². The number of rotatable bonds is 4. The van der Waals surface area contributed by atoms with Crippen LogP contribution >= 0.6 is 11.6 Å². The molecule has 1 aliphatic heterocycles. The summed E-state index contributed by atoms with van der Waals surface area (Å²) < 4.78 is 5.66. The second-order valence-corrected chi connectivity index (χ2v) is 6.91. The van der Waals surface area contributed by atoms with E-state index in [0.29, 0.717) is 23.9 Å². The van der Waals surface area contributed by atoms with Crippen LogP contribution in [0.4, 0.5) is 5.82 Å². The van der Waals surface area contributed by atoms with E-state index < -0.39 is 0 Å². The predicted octanol–water partition coefficient (Wildman–Crippen LogP) is 3.72. The number of anilines is 1. The van der Waals surface area contributed by atoms with E-state index >= 15 is 0 Å². The van der Waals surface area contributed by atoms with Crippen LogP contribution in [0.25, 0.3) is 11.3 Å². The Hall–Kier alpha value is -2.93. The van der Waals surface area contributed by atoms with Crippen molar-refractivity contribution in [1.82, 2.24) is 20.4 Å². The van der Waals surface area contributed by atoms with Crippen molar-refractivity contribution in [2.75, 3.05) is 11.9 Å². The lowest BCUT2D eigenvalue weighted by Crippen LogP contribution is -2.21. The van der Waals surface area contributed by atoms with Crippen molar-refractivity contribution < 1.29 is 9.53 Å². The van der Waals surface area contributed by atoms with Crippen LogP contribution < -0.4 is 10.1 Å². The van der Waals surface area contributed by atoms with Gasteiger partial charge in [-0.2, -0.15) is 15.3 Å². The number of nitrogens with one attached hydrogen (secondary N) is 2. The maximum atomic E-state index is 12.6. The lowest BCUT2D eigenvalue weighted by molar-refractivity contribution is -0.116. The summed E-state index contributed by atoms with van der Waals surface area (Å²) in [5.74, 6) is 1.29. The second-order valence-electron chi connectivity index (χ2n) is 6.47. The molecule has 0 spiro atoms. The van der Waals surface area contributed by atoms with Crippen molar-refractivity contribution in [3.05, 3.63) is 52.8 Å². The quantitative estimate of drug-likeness (QED) is 0.716. The molecule has 1 aromatic carbocycles. The number of carbonyl (C=O) groups is 1. The van der Waals surface area contributed by atoms with Gasteiger partial charge in [0.05, 0.1) is 24.7 Å². The third-order valence-electron chi connectivity index (χ3n) is 4.71. The first-order valence-electron chi connectivity index (χ1n) is 8.66. The summed E-state index contributed by atoms with van der Waals surface area (Å²) in [7, 11) is 0. The predicted molar refractivity (Wildman–Crippen MR) is 102 cm³/mol. The molecule has 7 nitrogen and oxygen atoms in total. The minimum atomic E-state index is -0.0863. The summed E-state index contributed by atoms with van der Waals surface area (Å²) in [4.78, 5) is 12.6. The molecule has 4 rings (SSSR count). The van der Waals surface area contributed by atoms with E-state index in [1.165, 1.54) is 0 Å². The monoisotopic (exact) mass is 383 g/mol. The number of hydrogen-bond donors (Lipinski definition) is 2. The minimum absolute atomic E-state index is 0.0863. The number of carbonyl (C=O) groups excluding carboxylic acids is 1. The lowest BCUT2D eigenvalue weighted by Gasteiger charge is -2.25. The van der Waals surface area contributed by atoms with Gasteiger partial charge in [0, 0.05) is 22.6 Å². The van der Waals surface area contributed by atoms with Crippen LogP contribution in [0.1, 0.15) is 29.9 Å². The normalized spacial score (nSPS) is 15.7. The number of halogens is 1. The molecule has 3 aromatic rings. The van der Waals surface area contributed by atoms with E-state index in [-0.39, 0.29) is 11.8 Å². The summed E-state index contributed by atoms with van der Waals surface area (Å²) in [5.41, 5.74) is 3.55. The summed E-state index contributed by atoms with van der Waals surface area (Å²) in [6.45, 7) is 2.48. The molecular weight excluding hydrogens is 366 g/mol. The molecule has 0 radical (unpaired) electrons. The molecule has 138 valence electrons. The standard InChI is InChI=1S/C19H18ClN5O2/c1-11-18(13-4-6-21-22-10-13)24-25-19(11)23-17(26)8-12-5-7-27-16-9-14(20)2-3-15(12)16/h2-4,6,9-10,12H,5,7-8H2,1H3,(H2,23,24,25,26). The van der Waals surface area contributed by atoms with Gasteiger partial charge in [-0.25, -0.2) is 0 Å². The maximum absolute atomic E-state index is 12.6. The number of ether oxygens (including phenoxy) is 1. The molecule has 8 heteroatoms. The zero-order valence-corrected chi connectivity index (χ0v) is 15.5. The van der Waals surface area contributed by atoms with Crippen molar-refractivity contribution >= 4 is 23.3 Å². The van der Waals surface area contributed by atoms with Gasteiger partial charge in [0.1, 0.15) is 5.75 Å². The molecule has 0 saturated heterocycles. The number of aromatic nitrogens is 4. The van der Waals surface area contributed by atoms with Crippen LogP contribution in [0.5, 0.6) is 5.75 Å². The molecule has 3 heterocycles. The molecule has 2 N–H and O–H groups in total. The molecular formula is C19H18ClN5O2. The molecule has 27 heavy (non-hydrogen) atoms. The molecule has 1 amide bonds. The van der Waals surface area contributed by atoms with Crippen LogP contribution in [0.3, 0.4) is 0 Å². The second kappa shape index (κ2) is 7.36. The van der Waals surface area contributed by atoms with E-state index in [1.54, 1.807) is 18.5 Å². The van der Waals surface area contributed by atoms with Crippen LogP contribution in [0, 0.1) is 6.92 Å². The average Bonchev–Trinajstić information content (AvgIpc) is 3.02. The minimum Gasteiger partial charge on any atom is -0.493 e. The zero-order valence-electron chi connectivity index (χ0n) is 14.7. The fourth-order valence-corrected chi connectivity index (χ4v) is 3.46. The fourth-order valence-electron chi connectivity index (χ4n) is 3.30. The summed E-state index contributed by atoms with van der Waals surface area (Å²) in [5, 5.41) is 18.4. The van der Waals surface area contributed by atoms with Gasteiger partial charge >= 0.3 is 0 Å². The van der Waals surface area contributed by atoms with Gasteiger partial charge in [-0.1, -0.05) is 17.7 Å². The highest BCUT2D eigenvalue weighted by Crippen LogP contribution is 2.37. The van der Waals surface area contributed by atoms with Gasteiger partial charge in [-0.3, -0.25) is 9.89 Å². The Balaban J connectivity index is 1.48. The van der Waals surface area contributed by atoms with Crippen molar-refractivity contribution in [2.45, 2.75) is 25.7 Å². The third kappa shape index (κ3) is 3.64. The molecule has 1 unspecified atom stereocenters. The molecule has 2 aromatic heterocycles. The molecule has 0 bridgehead atoms. The van der Waals surface area contributed by atoms with Crippen LogP contribution in [-0.2, 0) is 4.79 Å². The molecule has 1 aliphatic rings. The Morgan fingerprint density at radius 2 is 2.26 bits per heavy atom. The SMILES string of the molecule is Cc1c(NC(=O)CC2CCOc3cc(Cl)ccc32)n[nH]c1-c1ccnnc1. The highest BCUT2D eigenvalue weighted by Gasteiger charge is 2.25. The fraction of sp³-hybridized carbons (Fsp3) is 0.263. The number of amides is 1. The lowest BCUT2D eigenvalue weighted by atomic mass is 9.90. The molecule has 0 saturated carbocycles. The number of H-pyrrole nitrogens is 1. The molecule has 0 fully saturated rings. The van der Waals surface area contributed by atoms with E-state index in [0.717, 1.165) is 34.6 Å². The Labute approximate surface area is 161 Å². The smallest absolute Gasteiger partial charge is 0.226 e. The van der Waals surface area contributed by atoms with E-state index in [4.69, 9.17) is 16.3 Å². The topological polar surface area (TPSA) is 92.8 Å². The Morgan fingerprint density at radius 1 is 1.37 bits per heavy atom. The van der Waals surface area contributed by atoms with Gasteiger partial charge in [-0.15, -0.1) is 0 Å². The third-order valence-corrected chi connectivity index (χ3v) is 4.95. The average molecular weight is 384 g/mol. The summed E-state index contributed by atoms with van der Waals surface area (Å²) >= 11 is 6.03. The van der Waals surface area contributed by atoms with Gasteiger partial charge < -0.3 is 10.1 Å². The van der Waals surface area contributed by atoms with Crippen molar-refractivity contribution in [3.8, 4) is 17.0 Å². The first-order chi connectivity index (χ1) is 13.1. The molecule has 0 aliphatic carbocycles. The number of aromatic amines is 1. The summed E-state index contributed by atoms with van der Waals surface area (Å²) in [6.07, 6.45) is 4.41. The Kier molecular flexibility index (Phi) is 4.77. The van der Waals surface area contributed by atoms with Crippen LogP contribution in [0.15, 0.2) is 36.7 Å². The van der Waals surface area contributed by atoms with Crippen molar-refractivity contribution in [2.24, 2.45) is 0 Å². The maximum Gasteiger partial charge on any atom is 0.226 e. The molecule has 1 atom stereocenters. The number of nitrogens with zero attached hydrogens (tertiary/aromatic N) is 3. The van der Waals surface area contributed by atoms with E-state index in [9.17, 15) is 4.79 Å². The number of benzene rings is 1. The van der Waals surface area contributed by atoms with Gasteiger partial charge in [-0.05, 0) is 43.0 Å². The van der Waals surface area contributed by atoms with Gasteiger partial charge in [0.2, 0.25) is 5.91 Å². The highest BCUT2D eigenvalue weighted by molar-refractivity contribution is 6.30. The first kappa shape index (κ1) is 17.5. The Bertz CT molecular complexity index is 973. The van der Waals surface area contributed by atoms with Crippen molar-refractivity contribution in [1.29, 1.82) is 0 Å². The van der Waals surface area contributed by atoms with E-state index in [1.807, 2.05) is 25.1 Å². The first-order valence-corrected chi connectivity index (χ1v) is 9.03. The summed E-state index contributed by atoms with van der Waals surface area (Å²) in [6, 6.07) is 7.40. The number of hydrogen-bond acceptors (Lipinski definition) is 5.